The highest BCUT2D eigenvalue weighted by atomic mass is 35.5. The lowest BCUT2D eigenvalue weighted by molar-refractivity contribution is -0.133. The standard InChI is InChI=1S/C21H21ClN2O3/c1-15(11-16-5-3-2-4-6-16)21(26)23-9-10-24-13-17-12-18(22)7-8-19(17)27-14-20(24)25/h2-8,11-12H,9-10,13-14H2,1H3,(H,23,26)/b15-11+. The molecule has 1 N–H and O–H groups in total. The Morgan fingerprint density at radius 1 is 1.26 bits per heavy atom. The summed E-state index contributed by atoms with van der Waals surface area (Å²) in [4.78, 5) is 26.2. The predicted molar refractivity (Wildman–Crippen MR) is 105 cm³/mol. The summed E-state index contributed by atoms with van der Waals surface area (Å²) in [6.45, 7) is 2.92. The Hall–Kier alpha value is -2.79. The van der Waals surface area contributed by atoms with Gasteiger partial charge in [-0.2, -0.15) is 0 Å². The van der Waals surface area contributed by atoms with Crippen LogP contribution in [0.25, 0.3) is 6.08 Å². The van der Waals surface area contributed by atoms with E-state index in [0.717, 1.165) is 11.1 Å². The lowest BCUT2D eigenvalue weighted by Gasteiger charge is -2.20. The van der Waals surface area contributed by atoms with Crippen molar-refractivity contribution < 1.29 is 14.3 Å². The molecule has 0 unspecified atom stereocenters. The van der Waals surface area contributed by atoms with E-state index >= 15 is 0 Å². The first kappa shape index (κ1) is 19.0. The molecule has 0 saturated heterocycles. The van der Waals surface area contributed by atoms with Gasteiger partial charge in [0.1, 0.15) is 5.75 Å². The Kier molecular flexibility index (Phi) is 6.14. The largest absolute Gasteiger partial charge is 0.483 e. The van der Waals surface area contributed by atoms with E-state index in [2.05, 4.69) is 5.32 Å². The van der Waals surface area contributed by atoms with Crippen molar-refractivity contribution in [2.45, 2.75) is 13.5 Å². The maximum atomic E-state index is 12.3. The van der Waals surface area contributed by atoms with Gasteiger partial charge in [-0.3, -0.25) is 9.59 Å². The average Bonchev–Trinajstić information content (AvgIpc) is 2.81. The number of amides is 2. The molecule has 0 aliphatic carbocycles. The summed E-state index contributed by atoms with van der Waals surface area (Å²) >= 11 is 6.04. The molecule has 6 heteroatoms. The number of halogens is 1. The minimum absolute atomic E-state index is 0.0183. The van der Waals surface area contributed by atoms with Crippen molar-refractivity contribution >= 4 is 29.5 Å². The van der Waals surface area contributed by atoms with Crippen LogP contribution in [0.15, 0.2) is 54.1 Å². The van der Waals surface area contributed by atoms with Gasteiger partial charge in [-0.25, -0.2) is 0 Å². The molecule has 0 spiro atoms. The molecule has 140 valence electrons. The molecule has 27 heavy (non-hydrogen) atoms. The second-order valence-corrected chi connectivity index (χ2v) is 6.79. The predicted octanol–water partition coefficient (Wildman–Crippen LogP) is 3.28. The van der Waals surface area contributed by atoms with E-state index < -0.39 is 0 Å². The molecule has 0 fully saturated rings. The molecule has 1 aliphatic heterocycles. The van der Waals surface area contributed by atoms with Gasteiger partial charge >= 0.3 is 0 Å². The van der Waals surface area contributed by atoms with Gasteiger partial charge in [-0.1, -0.05) is 41.9 Å². The second kappa shape index (κ2) is 8.73. The third-order valence-electron chi connectivity index (χ3n) is 4.30. The number of hydrogen-bond donors (Lipinski definition) is 1. The van der Waals surface area contributed by atoms with E-state index in [9.17, 15) is 9.59 Å². The van der Waals surface area contributed by atoms with Gasteiger partial charge in [0.05, 0.1) is 0 Å². The van der Waals surface area contributed by atoms with Crippen molar-refractivity contribution in [2.75, 3.05) is 19.7 Å². The van der Waals surface area contributed by atoms with Crippen LogP contribution in [0, 0.1) is 0 Å². The highest BCUT2D eigenvalue weighted by Crippen LogP contribution is 2.26. The van der Waals surface area contributed by atoms with E-state index in [1.807, 2.05) is 36.4 Å². The zero-order chi connectivity index (χ0) is 19.2. The van der Waals surface area contributed by atoms with E-state index in [0.29, 0.717) is 36.0 Å². The fourth-order valence-corrected chi connectivity index (χ4v) is 3.04. The number of rotatable bonds is 5. The number of carbonyl (C=O) groups is 2. The highest BCUT2D eigenvalue weighted by molar-refractivity contribution is 6.30. The number of fused-ring (bicyclic) bond motifs is 1. The average molecular weight is 385 g/mol. The van der Waals surface area contributed by atoms with E-state index in [1.54, 1.807) is 30.0 Å². The highest BCUT2D eigenvalue weighted by Gasteiger charge is 2.21. The quantitative estimate of drug-likeness (QED) is 0.805. The van der Waals surface area contributed by atoms with Gasteiger partial charge in [0.15, 0.2) is 6.61 Å². The zero-order valence-electron chi connectivity index (χ0n) is 15.1. The Balaban J connectivity index is 1.57. The Bertz CT molecular complexity index is 865. The molecular formula is C21H21ClN2O3. The van der Waals surface area contributed by atoms with Crippen LogP contribution in [0.1, 0.15) is 18.1 Å². The lowest BCUT2D eigenvalue weighted by Crippen LogP contribution is -2.39. The van der Waals surface area contributed by atoms with Gasteiger partial charge in [-0.05, 0) is 36.8 Å². The van der Waals surface area contributed by atoms with Crippen molar-refractivity contribution in [1.82, 2.24) is 10.2 Å². The maximum absolute atomic E-state index is 12.3. The summed E-state index contributed by atoms with van der Waals surface area (Å²) in [5.74, 6) is 0.398. The number of ether oxygens (including phenoxy) is 1. The molecule has 0 atom stereocenters. The minimum Gasteiger partial charge on any atom is -0.483 e. The first-order chi connectivity index (χ1) is 13.0. The molecule has 2 amide bonds. The number of nitrogens with one attached hydrogen (secondary N) is 1. The Morgan fingerprint density at radius 3 is 2.81 bits per heavy atom. The van der Waals surface area contributed by atoms with Crippen LogP contribution in [-0.2, 0) is 16.1 Å². The Labute approximate surface area is 163 Å². The molecule has 5 nitrogen and oxygen atoms in total. The number of nitrogens with zero attached hydrogens (tertiary/aromatic N) is 1. The smallest absolute Gasteiger partial charge is 0.260 e. The third-order valence-corrected chi connectivity index (χ3v) is 4.53. The van der Waals surface area contributed by atoms with Crippen LogP contribution in [-0.4, -0.2) is 36.4 Å². The number of hydrogen-bond acceptors (Lipinski definition) is 3. The topological polar surface area (TPSA) is 58.6 Å². The molecule has 0 bridgehead atoms. The zero-order valence-corrected chi connectivity index (χ0v) is 15.8. The van der Waals surface area contributed by atoms with Crippen LogP contribution in [0.5, 0.6) is 5.75 Å². The van der Waals surface area contributed by atoms with Gasteiger partial charge in [-0.15, -0.1) is 0 Å². The fraction of sp³-hybridized carbons (Fsp3) is 0.238. The van der Waals surface area contributed by atoms with E-state index in [-0.39, 0.29) is 18.4 Å². The first-order valence-corrected chi connectivity index (χ1v) is 9.11. The molecule has 2 aromatic rings. The van der Waals surface area contributed by atoms with Gasteiger partial charge in [0.25, 0.3) is 5.91 Å². The fourth-order valence-electron chi connectivity index (χ4n) is 2.85. The van der Waals surface area contributed by atoms with Crippen molar-refractivity contribution in [3.05, 3.63) is 70.3 Å². The van der Waals surface area contributed by atoms with Gasteiger partial charge in [0.2, 0.25) is 5.91 Å². The van der Waals surface area contributed by atoms with Crippen molar-refractivity contribution in [3.63, 3.8) is 0 Å². The molecule has 1 heterocycles. The monoisotopic (exact) mass is 384 g/mol. The molecule has 0 aromatic heterocycles. The Morgan fingerprint density at radius 2 is 2.04 bits per heavy atom. The van der Waals surface area contributed by atoms with Crippen LogP contribution in [0.3, 0.4) is 0 Å². The molecular weight excluding hydrogens is 364 g/mol. The summed E-state index contributed by atoms with van der Waals surface area (Å²) in [6.07, 6.45) is 1.83. The van der Waals surface area contributed by atoms with E-state index in [4.69, 9.17) is 16.3 Å². The van der Waals surface area contributed by atoms with Crippen molar-refractivity contribution in [2.24, 2.45) is 0 Å². The van der Waals surface area contributed by atoms with Crippen molar-refractivity contribution in [1.29, 1.82) is 0 Å². The summed E-state index contributed by atoms with van der Waals surface area (Å²) in [6, 6.07) is 15.0. The van der Waals surface area contributed by atoms with Crippen LogP contribution in [0.2, 0.25) is 5.02 Å². The third kappa shape index (κ3) is 5.11. The van der Waals surface area contributed by atoms with Crippen LogP contribution < -0.4 is 10.1 Å². The lowest BCUT2D eigenvalue weighted by atomic mass is 10.1. The first-order valence-electron chi connectivity index (χ1n) is 8.73. The maximum Gasteiger partial charge on any atom is 0.260 e. The second-order valence-electron chi connectivity index (χ2n) is 6.35. The number of benzene rings is 2. The molecule has 0 saturated carbocycles. The molecule has 2 aromatic carbocycles. The number of carbonyl (C=O) groups excluding carboxylic acids is 2. The summed E-state index contributed by atoms with van der Waals surface area (Å²) in [5, 5.41) is 3.46. The molecule has 3 rings (SSSR count). The summed E-state index contributed by atoms with van der Waals surface area (Å²) in [5.41, 5.74) is 2.45. The summed E-state index contributed by atoms with van der Waals surface area (Å²) < 4.78 is 5.53. The summed E-state index contributed by atoms with van der Waals surface area (Å²) in [7, 11) is 0. The normalized spacial score (nSPS) is 14.2. The van der Waals surface area contributed by atoms with Crippen LogP contribution >= 0.6 is 11.6 Å². The molecule has 1 aliphatic rings. The SMILES string of the molecule is C/C(=C\c1ccccc1)C(=O)NCCN1Cc2cc(Cl)ccc2OCC1=O. The minimum atomic E-state index is -0.152. The van der Waals surface area contributed by atoms with Crippen molar-refractivity contribution in [3.8, 4) is 5.75 Å². The van der Waals surface area contributed by atoms with Crippen LogP contribution in [0.4, 0.5) is 0 Å². The van der Waals surface area contributed by atoms with E-state index in [1.165, 1.54) is 0 Å². The van der Waals surface area contributed by atoms with Gasteiger partial charge < -0.3 is 15.0 Å². The molecule has 0 radical (unpaired) electrons. The van der Waals surface area contributed by atoms with Gasteiger partial charge in [0, 0.05) is 35.8 Å².